The van der Waals surface area contributed by atoms with Crippen molar-refractivity contribution in [2.24, 2.45) is 0 Å². The lowest BCUT2D eigenvalue weighted by Crippen LogP contribution is -2.35. The fourth-order valence-electron chi connectivity index (χ4n) is 2.32. The molecule has 4 nitrogen and oxygen atoms in total. The number of hydrogen-bond donors (Lipinski definition) is 1. The fourth-order valence-corrected chi connectivity index (χ4v) is 2.32. The number of nitrogens with zero attached hydrogens (tertiary/aromatic N) is 2. The van der Waals surface area contributed by atoms with Crippen molar-refractivity contribution in [3.8, 4) is 0 Å². The van der Waals surface area contributed by atoms with Crippen molar-refractivity contribution >= 4 is 11.6 Å². The van der Waals surface area contributed by atoms with Crippen LogP contribution in [-0.4, -0.2) is 28.0 Å². The molecule has 18 heavy (non-hydrogen) atoms. The number of nitrogen functional groups attached to an aromatic ring is 1. The maximum absolute atomic E-state index is 12.6. The molecule has 0 atom stereocenters. The number of carbonyl (C=O) groups excluding carboxylic acids is 1. The average Bonchev–Trinajstić information content (AvgIpc) is 3.07. The summed E-state index contributed by atoms with van der Waals surface area (Å²) in [5, 5.41) is 0. The maximum atomic E-state index is 12.6. The number of aromatic nitrogens is 1. The van der Waals surface area contributed by atoms with Crippen LogP contribution < -0.4 is 5.73 Å². The summed E-state index contributed by atoms with van der Waals surface area (Å²) in [4.78, 5) is 14.6. The number of anilines is 1. The van der Waals surface area contributed by atoms with E-state index < -0.39 is 0 Å². The third-order valence-electron chi connectivity index (χ3n) is 3.36. The predicted octanol–water partition coefficient (Wildman–Crippen LogP) is 2.67. The highest BCUT2D eigenvalue weighted by Gasteiger charge is 2.33. The van der Waals surface area contributed by atoms with Crippen LogP contribution in [-0.2, 0) is 0 Å². The molecule has 0 radical (unpaired) electrons. The molecule has 0 bridgehead atoms. The van der Waals surface area contributed by atoms with Crippen LogP contribution in [0.1, 0.15) is 56.6 Å². The molecular weight excluding hydrogens is 226 g/mol. The zero-order chi connectivity index (χ0) is 13.3. The molecule has 1 aromatic heterocycles. The van der Waals surface area contributed by atoms with Crippen molar-refractivity contribution in [1.29, 1.82) is 0 Å². The van der Waals surface area contributed by atoms with Crippen LogP contribution >= 0.6 is 0 Å². The van der Waals surface area contributed by atoms with E-state index in [9.17, 15) is 4.79 Å². The molecule has 0 aromatic carbocycles. The molecule has 2 rings (SSSR count). The summed E-state index contributed by atoms with van der Waals surface area (Å²) in [6.07, 6.45) is 5.14. The van der Waals surface area contributed by atoms with Crippen LogP contribution in [0, 0.1) is 0 Å². The summed E-state index contributed by atoms with van der Waals surface area (Å²) in [5.74, 6) is 0.129. The molecule has 1 fully saturated rings. The van der Waals surface area contributed by atoms with Gasteiger partial charge in [-0.15, -0.1) is 0 Å². The van der Waals surface area contributed by atoms with E-state index in [0.29, 0.717) is 11.7 Å². The highest BCUT2D eigenvalue weighted by atomic mass is 16.2. The Morgan fingerprint density at radius 1 is 1.56 bits per heavy atom. The van der Waals surface area contributed by atoms with Gasteiger partial charge in [0.05, 0.1) is 5.69 Å². The Hall–Kier alpha value is -1.45. The molecular formula is C14H23N3O. The van der Waals surface area contributed by atoms with Crippen molar-refractivity contribution < 1.29 is 4.79 Å². The lowest BCUT2D eigenvalue weighted by atomic mass is 10.3. The Morgan fingerprint density at radius 3 is 2.72 bits per heavy atom. The third kappa shape index (κ3) is 2.52. The molecule has 2 N–H and O–H groups in total. The van der Waals surface area contributed by atoms with Crippen LogP contribution in [0.25, 0.3) is 0 Å². The number of hydrogen-bond acceptors (Lipinski definition) is 2. The van der Waals surface area contributed by atoms with Gasteiger partial charge < -0.3 is 15.2 Å². The molecule has 1 amide bonds. The van der Waals surface area contributed by atoms with E-state index in [2.05, 4.69) is 20.8 Å². The molecule has 0 saturated heterocycles. The Balaban J connectivity index is 2.26. The Bertz CT molecular complexity index is 432. The standard InChI is InChI=1S/C14H23N3O/c1-4-7-16(12-5-6-12)14(18)13-8-11(15)9-17(13)10(2)3/h8-10,12H,4-7,15H2,1-3H3. The first-order valence-corrected chi connectivity index (χ1v) is 6.83. The zero-order valence-corrected chi connectivity index (χ0v) is 11.5. The van der Waals surface area contributed by atoms with Crippen molar-refractivity contribution in [3.63, 3.8) is 0 Å². The second-order valence-electron chi connectivity index (χ2n) is 5.39. The number of rotatable bonds is 5. The van der Waals surface area contributed by atoms with Crippen LogP contribution in [0.3, 0.4) is 0 Å². The number of nitrogens with two attached hydrogens (primary N) is 1. The van der Waals surface area contributed by atoms with Gasteiger partial charge in [-0.3, -0.25) is 4.79 Å². The monoisotopic (exact) mass is 249 g/mol. The molecule has 1 aliphatic carbocycles. The van der Waals surface area contributed by atoms with Crippen molar-refractivity contribution in [2.75, 3.05) is 12.3 Å². The number of amides is 1. The predicted molar refractivity (Wildman–Crippen MR) is 73.6 cm³/mol. The van der Waals surface area contributed by atoms with Gasteiger partial charge >= 0.3 is 0 Å². The highest BCUT2D eigenvalue weighted by Crippen LogP contribution is 2.29. The molecule has 1 aliphatic rings. The largest absolute Gasteiger partial charge is 0.397 e. The van der Waals surface area contributed by atoms with Gasteiger partial charge in [-0.25, -0.2) is 0 Å². The van der Waals surface area contributed by atoms with Gasteiger partial charge in [-0.1, -0.05) is 6.92 Å². The third-order valence-corrected chi connectivity index (χ3v) is 3.36. The van der Waals surface area contributed by atoms with E-state index in [0.717, 1.165) is 31.5 Å². The SMILES string of the molecule is CCCN(C(=O)c1cc(N)cn1C(C)C)C1CC1. The van der Waals surface area contributed by atoms with E-state index >= 15 is 0 Å². The summed E-state index contributed by atoms with van der Waals surface area (Å²) in [6.45, 7) is 7.08. The molecule has 1 aromatic rings. The topological polar surface area (TPSA) is 51.3 Å². The van der Waals surface area contributed by atoms with Gasteiger partial charge in [0.1, 0.15) is 5.69 Å². The lowest BCUT2D eigenvalue weighted by Gasteiger charge is -2.23. The minimum absolute atomic E-state index is 0.129. The molecule has 100 valence electrons. The minimum Gasteiger partial charge on any atom is -0.397 e. The van der Waals surface area contributed by atoms with Gasteiger partial charge in [0.2, 0.25) is 0 Å². The van der Waals surface area contributed by atoms with Crippen LogP contribution in [0.15, 0.2) is 12.3 Å². The minimum atomic E-state index is 0.129. The van der Waals surface area contributed by atoms with Crippen molar-refractivity contribution in [1.82, 2.24) is 9.47 Å². The Morgan fingerprint density at radius 2 is 2.22 bits per heavy atom. The smallest absolute Gasteiger partial charge is 0.270 e. The summed E-state index contributed by atoms with van der Waals surface area (Å²) >= 11 is 0. The highest BCUT2D eigenvalue weighted by molar-refractivity contribution is 5.94. The molecule has 1 saturated carbocycles. The van der Waals surface area contributed by atoms with E-state index in [-0.39, 0.29) is 11.9 Å². The normalized spacial score (nSPS) is 15.1. The number of carbonyl (C=O) groups is 1. The molecule has 4 heteroatoms. The quantitative estimate of drug-likeness (QED) is 0.872. The second-order valence-corrected chi connectivity index (χ2v) is 5.39. The maximum Gasteiger partial charge on any atom is 0.270 e. The summed E-state index contributed by atoms with van der Waals surface area (Å²) in [6, 6.07) is 2.51. The molecule has 0 unspecified atom stereocenters. The first kappa shape index (κ1) is 13.0. The Labute approximate surface area is 109 Å². The van der Waals surface area contributed by atoms with E-state index in [4.69, 9.17) is 5.73 Å². The molecule has 1 heterocycles. The average molecular weight is 249 g/mol. The van der Waals surface area contributed by atoms with Gasteiger partial charge in [0.25, 0.3) is 5.91 Å². The summed E-state index contributed by atoms with van der Waals surface area (Å²) in [7, 11) is 0. The molecule has 0 aliphatic heterocycles. The Kier molecular flexibility index (Phi) is 3.64. The van der Waals surface area contributed by atoms with Gasteiger partial charge in [-0.2, -0.15) is 0 Å². The van der Waals surface area contributed by atoms with Gasteiger partial charge in [0, 0.05) is 24.8 Å². The van der Waals surface area contributed by atoms with E-state index in [1.165, 1.54) is 0 Å². The van der Waals surface area contributed by atoms with Gasteiger partial charge in [-0.05, 0) is 39.2 Å². The first-order valence-electron chi connectivity index (χ1n) is 6.83. The summed E-state index contributed by atoms with van der Waals surface area (Å²) in [5.41, 5.74) is 7.22. The first-order chi connectivity index (χ1) is 8.54. The van der Waals surface area contributed by atoms with E-state index in [1.807, 2.05) is 15.7 Å². The van der Waals surface area contributed by atoms with Crippen LogP contribution in [0.5, 0.6) is 0 Å². The van der Waals surface area contributed by atoms with Crippen LogP contribution in [0.4, 0.5) is 5.69 Å². The van der Waals surface area contributed by atoms with Crippen LogP contribution in [0.2, 0.25) is 0 Å². The molecule has 0 spiro atoms. The van der Waals surface area contributed by atoms with Gasteiger partial charge in [0.15, 0.2) is 0 Å². The van der Waals surface area contributed by atoms with E-state index in [1.54, 1.807) is 6.07 Å². The fraction of sp³-hybridized carbons (Fsp3) is 0.643. The lowest BCUT2D eigenvalue weighted by molar-refractivity contribution is 0.0730. The van der Waals surface area contributed by atoms with Crippen molar-refractivity contribution in [2.45, 2.75) is 52.1 Å². The summed E-state index contributed by atoms with van der Waals surface area (Å²) < 4.78 is 1.97. The van der Waals surface area contributed by atoms with Crippen molar-refractivity contribution in [3.05, 3.63) is 18.0 Å². The second kappa shape index (κ2) is 5.04. The zero-order valence-electron chi connectivity index (χ0n) is 11.5.